The van der Waals surface area contributed by atoms with Crippen molar-refractivity contribution in [2.45, 2.75) is 45.0 Å². The molecule has 120 valence electrons. The minimum Gasteiger partial charge on any atom is -0.460 e. The van der Waals surface area contributed by atoms with E-state index in [1.54, 1.807) is 20.8 Å². The van der Waals surface area contributed by atoms with Gasteiger partial charge in [0.05, 0.1) is 7.85 Å². The van der Waals surface area contributed by atoms with Crippen LogP contribution in [0.4, 0.5) is 4.39 Å². The molecule has 2 rings (SSSR count). The lowest BCUT2D eigenvalue weighted by atomic mass is 9.81. The van der Waals surface area contributed by atoms with Crippen molar-refractivity contribution in [2.24, 2.45) is 0 Å². The average Bonchev–Trinajstić information content (AvgIpc) is 2.89. The molecule has 0 unspecified atom stereocenters. The summed E-state index contributed by atoms with van der Waals surface area (Å²) >= 11 is 0. The van der Waals surface area contributed by atoms with Crippen LogP contribution >= 0.6 is 0 Å². The monoisotopic (exact) mass is 305 g/mol. The van der Waals surface area contributed by atoms with Gasteiger partial charge in [-0.15, -0.1) is 0 Å². The van der Waals surface area contributed by atoms with Crippen molar-refractivity contribution in [3.63, 3.8) is 0 Å². The molecule has 0 saturated carbocycles. The van der Waals surface area contributed by atoms with Crippen molar-refractivity contribution in [2.75, 3.05) is 20.1 Å². The minimum absolute atomic E-state index is 0.361. The van der Waals surface area contributed by atoms with E-state index < -0.39 is 17.4 Å². The van der Waals surface area contributed by atoms with Gasteiger partial charge in [-0.05, 0) is 71.4 Å². The van der Waals surface area contributed by atoms with Gasteiger partial charge in [0.1, 0.15) is 11.4 Å². The summed E-state index contributed by atoms with van der Waals surface area (Å²) < 4.78 is 17.8. The second-order valence-corrected chi connectivity index (χ2v) is 6.57. The maximum atomic E-state index is 12.7. The molecule has 22 heavy (non-hydrogen) atoms. The van der Waals surface area contributed by atoms with Gasteiger partial charge in [0, 0.05) is 5.82 Å². The number of halogens is 1. The molecule has 1 fully saturated rings. The second-order valence-electron chi connectivity index (χ2n) is 6.57. The Kier molecular flexibility index (Phi) is 7.07. The highest BCUT2D eigenvalue weighted by Crippen LogP contribution is 2.18. The van der Waals surface area contributed by atoms with Crippen LogP contribution < -0.4 is 0 Å². The first-order valence-electron chi connectivity index (χ1n) is 7.61. The summed E-state index contributed by atoms with van der Waals surface area (Å²) in [6, 6.07) is 5.48. The number of esters is 1. The number of carbonyl (C=O) groups excluding carboxylic acids is 1. The summed E-state index contributed by atoms with van der Waals surface area (Å²) in [6.45, 7) is 7.94. The molecule has 1 heterocycles. The second kappa shape index (κ2) is 8.32. The third kappa shape index (κ3) is 7.07. The molecule has 1 aliphatic heterocycles. The number of rotatable bonds is 2. The van der Waals surface area contributed by atoms with E-state index >= 15 is 0 Å². The molecular weight excluding hydrogens is 280 g/mol. The van der Waals surface area contributed by atoms with Crippen molar-refractivity contribution in [3.05, 3.63) is 35.6 Å². The summed E-state index contributed by atoms with van der Waals surface area (Å²) in [5.41, 5.74) is -0.0370. The maximum Gasteiger partial charge on any atom is 0.304 e. The number of carbonyl (C=O) groups is 1. The zero-order valence-corrected chi connectivity index (χ0v) is 13.9. The number of ether oxygens (including phenoxy) is 1. The topological polar surface area (TPSA) is 29.5 Å². The van der Waals surface area contributed by atoms with Crippen LogP contribution in [-0.4, -0.2) is 44.5 Å². The molecule has 1 aromatic carbocycles. The van der Waals surface area contributed by atoms with E-state index in [0.29, 0.717) is 5.56 Å². The fourth-order valence-electron chi connectivity index (χ4n) is 2.05. The van der Waals surface area contributed by atoms with Crippen LogP contribution in [0.1, 0.15) is 45.0 Å². The lowest BCUT2D eigenvalue weighted by Crippen LogP contribution is -2.28. The number of hydrogen-bond donors (Lipinski definition) is 0. The quantitative estimate of drug-likeness (QED) is 0.621. The van der Waals surface area contributed by atoms with Gasteiger partial charge in [-0.2, -0.15) is 0 Å². The van der Waals surface area contributed by atoms with Gasteiger partial charge in [-0.25, -0.2) is 4.39 Å². The largest absolute Gasteiger partial charge is 0.460 e. The Morgan fingerprint density at radius 2 is 1.73 bits per heavy atom. The zero-order chi connectivity index (χ0) is 16.8. The van der Waals surface area contributed by atoms with E-state index in [9.17, 15) is 9.18 Å². The Bertz CT molecular complexity index is 465. The van der Waals surface area contributed by atoms with Crippen LogP contribution in [-0.2, 0) is 9.53 Å². The Balaban J connectivity index is 0.000000335. The molecule has 1 aliphatic rings. The third-order valence-electron chi connectivity index (χ3n) is 3.22. The summed E-state index contributed by atoms with van der Waals surface area (Å²) in [5, 5.41) is 0. The molecule has 3 nitrogen and oxygen atoms in total. The number of benzene rings is 1. The van der Waals surface area contributed by atoms with E-state index in [4.69, 9.17) is 12.6 Å². The molecule has 1 atom stereocenters. The Labute approximate surface area is 134 Å². The number of likely N-dealkylation sites (tertiary alicyclic amines) is 1. The van der Waals surface area contributed by atoms with Gasteiger partial charge in [-0.3, -0.25) is 4.79 Å². The molecule has 1 saturated heterocycles. The first kappa shape index (κ1) is 18.7. The molecular formula is C17H25BFNO2. The van der Waals surface area contributed by atoms with Crippen molar-refractivity contribution in [1.29, 1.82) is 0 Å². The molecule has 0 bridgehead atoms. The van der Waals surface area contributed by atoms with Crippen molar-refractivity contribution in [1.82, 2.24) is 4.90 Å². The lowest BCUT2D eigenvalue weighted by molar-refractivity contribution is -0.154. The van der Waals surface area contributed by atoms with Crippen LogP contribution in [0.15, 0.2) is 24.3 Å². The normalized spacial score (nSPS) is 16.6. The van der Waals surface area contributed by atoms with Crippen molar-refractivity contribution < 1.29 is 13.9 Å². The number of hydrogen-bond acceptors (Lipinski definition) is 3. The Morgan fingerprint density at radius 3 is 2.09 bits per heavy atom. The molecule has 1 aromatic rings. The van der Waals surface area contributed by atoms with Gasteiger partial charge in [0.2, 0.25) is 0 Å². The van der Waals surface area contributed by atoms with Crippen LogP contribution in [0.3, 0.4) is 0 Å². The smallest absolute Gasteiger partial charge is 0.304 e. The van der Waals surface area contributed by atoms with E-state index in [1.807, 2.05) is 0 Å². The lowest BCUT2D eigenvalue weighted by Gasteiger charge is -2.22. The van der Waals surface area contributed by atoms with Gasteiger partial charge in [0.15, 0.2) is 0 Å². The SMILES string of the molecule is CN1CCCC1.[B][C@@H](C(=O)OC(C)(C)C)c1ccc(F)cc1. The predicted octanol–water partition coefficient (Wildman–Crippen LogP) is 3.09. The van der Waals surface area contributed by atoms with Gasteiger partial charge >= 0.3 is 5.97 Å². The third-order valence-corrected chi connectivity index (χ3v) is 3.22. The Hall–Kier alpha value is -1.36. The van der Waals surface area contributed by atoms with Crippen LogP contribution in [0.25, 0.3) is 0 Å². The highest BCUT2D eigenvalue weighted by molar-refractivity contribution is 6.23. The minimum atomic E-state index is -0.875. The highest BCUT2D eigenvalue weighted by atomic mass is 19.1. The molecule has 2 radical (unpaired) electrons. The standard InChI is InChI=1S/C12H14BFO2.C5H11N/c1-12(2,3)16-11(15)10(13)8-4-6-9(14)7-5-8;1-6-4-2-3-5-6/h4-7,10H,1-3H3;2-5H2,1H3/t10-;/m1./s1. The first-order valence-corrected chi connectivity index (χ1v) is 7.61. The van der Waals surface area contributed by atoms with Crippen LogP contribution in [0, 0.1) is 5.82 Å². The molecule has 0 aliphatic carbocycles. The fourth-order valence-corrected chi connectivity index (χ4v) is 2.05. The molecule has 0 spiro atoms. The summed E-state index contributed by atoms with van der Waals surface area (Å²) in [6.07, 6.45) is 2.83. The first-order chi connectivity index (χ1) is 10.2. The van der Waals surface area contributed by atoms with E-state index in [2.05, 4.69) is 11.9 Å². The van der Waals surface area contributed by atoms with Crippen LogP contribution in [0.2, 0.25) is 0 Å². The average molecular weight is 305 g/mol. The molecule has 0 N–H and O–H groups in total. The van der Waals surface area contributed by atoms with Crippen LogP contribution in [0.5, 0.6) is 0 Å². The Morgan fingerprint density at radius 1 is 1.23 bits per heavy atom. The maximum absolute atomic E-state index is 12.7. The molecule has 5 heteroatoms. The van der Waals surface area contributed by atoms with Gasteiger partial charge in [0.25, 0.3) is 0 Å². The van der Waals surface area contributed by atoms with Crippen molar-refractivity contribution in [3.8, 4) is 0 Å². The van der Waals surface area contributed by atoms with E-state index in [-0.39, 0.29) is 5.82 Å². The zero-order valence-electron chi connectivity index (χ0n) is 13.9. The van der Waals surface area contributed by atoms with Gasteiger partial charge < -0.3 is 9.64 Å². The fraction of sp³-hybridized carbons (Fsp3) is 0.588. The summed E-state index contributed by atoms with van der Waals surface area (Å²) in [4.78, 5) is 14.0. The highest BCUT2D eigenvalue weighted by Gasteiger charge is 2.22. The molecule has 0 aromatic heterocycles. The summed E-state index contributed by atoms with van der Waals surface area (Å²) in [7, 11) is 7.87. The van der Waals surface area contributed by atoms with E-state index in [1.165, 1.54) is 50.2 Å². The summed E-state index contributed by atoms with van der Waals surface area (Å²) in [5.74, 6) is -1.75. The predicted molar refractivity (Wildman–Crippen MR) is 87.5 cm³/mol. The van der Waals surface area contributed by atoms with Gasteiger partial charge in [-0.1, -0.05) is 12.1 Å². The molecule has 0 amide bonds. The van der Waals surface area contributed by atoms with E-state index in [0.717, 1.165) is 0 Å². The van der Waals surface area contributed by atoms with Crippen molar-refractivity contribution >= 4 is 13.8 Å². The number of nitrogens with zero attached hydrogens (tertiary/aromatic N) is 1.